The molecule has 1 unspecified atom stereocenters. The summed E-state index contributed by atoms with van der Waals surface area (Å²) in [5.41, 5.74) is -0.872. The van der Waals surface area contributed by atoms with Crippen LogP contribution in [0, 0.1) is 16.7 Å². The van der Waals surface area contributed by atoms with Gasteiger partial charge in [-0.15, -0.1) is 0 Å². The van der Waals surface area contributed by atoms with Gasteiger partial charge in [-0.25, -0.2) is 0 Å². The third-order valence-corrected chi connectivity index (χ3v) is 3.24. The van der Waals surface area contributed by atoms with Crippen LogP contribution in [0.2, 0.25) is 0 Å². The van der Waals surface area contributed by atoms with Crippen LogP contribution >= 0.6 is 0 Å². The SMILES string of the molecule is CC(C)(C#N)CCCCNCC1(O)CCOC1. The molecule has 1 heterocycles. The molecule has 1 aliphatic heterocycles. The predicted molar refractivity (Wildman–Crippen MR) is 66.5 cm³/mol. The van der Waals surface area contributed by atoms with Gasteiger partial charge in [-0.1, -0.05) is 6.42 Å². The van der Waals surface area contributed by atoms with Gasteiger partial charge in [0, 0.05) is 19.6 Å². The lowest BCUT2D eigenvalue weighted by Crippen LogP contribution is -2.41. The summed E-state index contributed by atoms with van der Waals surface area (Å²) in [7, 11) is 0. The molecule has 4 heteroatoms. The van der Waals surface area contributed by atoms with Crippen molar-refractivity contribution in [1.29, 1.82) is 5.26 Å². The first-order valence-corrected chi connectivity index (χ1v) is 6.40. The zero-order valence-corrected chi connectivity index (χ0v) is 11.0. The lowest BCUT2D eigenvalue weighted by atomic mass is 9.89. The number of hydrogen-bond acceptors (Lipinski definition) is 4. The molecule has 98 valence electrons. The smallest absolute Gasteiger partial charge is 0.102 e. The Morgan fingerprint density at radius 3 is 2.82 bits per heavy atom. The van der Waals surface area contributed by atoms with E-state index >= 15 is 0 Å². The molecule has 0 radical (unpaired) electrons. The van der Waals surface area contributed by atoms with Gasteiger partial charge in [0.05, 0.1) is 18.1 Å². The zero-order chi connectivity index (χ0) is 12.8. The van der Waals surface area contributed by atoms with Gasteiger partial charge in [-0.2, -0.15) is 5.26 Å². The number of nitrogens with zero attached hydrogens (tertiary/aromatic N) is 1. The van der Waals surface area contributed by atoms with E-state index in [0.29, 0.717) is 19.8 Å². The van der Waals surface area contributed by atoms with Crippen molar-refractivity contribution < 1.29 is 9.84 Å². The summed E-state index contributed by atoms with van der Waals surface area (Å²) in [5, 5.41) is 22.1. The third kappa shape index (κ3) is 5.49. The van der Waals surface area contributed by atoms with E-state index in [1.54, 1.807) is 0 Å². The average Bonchev–Trinajstić information content (AvgIpc) is 2.71. The quantitative estimate of drug-likeness (QED) is 0.661. The third-order valence-electron chi connectivity index (χ3n) is 3.24. The number of ether oxygens (including phenoxy) is 1. The van der Waals surface area contributed by atoms with Gasteiger partial charge in [0.15, 0.2) is 0 Å². The van der Waals surface area contributed by atoms with Crippen LogP contribution in [-0.2, 0) is 4.74 Å². The van der Waals surface area contributed by atoms with E-state index in [2.05, 4.69) is 11.4 Å². The molecule has 1 aliphatic rings. The van der Waals surface area contributed by atoms with Crippen molar-refractivity contribution in [2.75, 3.05) is 26.3 Å². The number of rotatable bonds is 7. The topological polar surface area (TPSA) is 65.3 Å². The Morgan fingerprint density at radius 2 is 2.24 bits per heavy atom. The summed E-state index contributed by atoms with van der Waals surface area (Å²) in [4.78, 5) is 0. The summed E-state index contributed by atoms with van der Waals surface area (Å²) in [6.07, 6.45) is 3.74. The van der Waals surface area contributed by atoms with Crippen LogP contribution in [-0.4, -0.2) is 37.0 Å². The highest BCUT2D eigenvalue weighted by Crippen LogP contribution is 2.21. The molecule has 1 rings (SSSR count). The average molecular weight is 240 g/mol. The van der Waals surface area contributed by atoms with Gasteiger partial charge in [0.1, 0.15) is 5.60 Å². The Bertz CT molecular complexity index is 265. The van der Waals surface area contributed by atoms with Crippen molar-refractivity contribution in [3.63, 3.8) is 0 Å². The first-order chi connectivity index (χ1) is 7.97. The number of hydrogen-bond donors (Lipinski definition) is 2. The first kappa shape index (κ1) is 14.4. The summed E-state index contributed by atoms with van der Waals surface area (Å²) in [6, 6.07) is 2.31. The minimum atomic E-state index is -0.661. The Hall–Kier alpha value is -0.630. The van der Waals surface area contributed by atoms with Crippen LogP contribution in [0.15, 0.2) is 0 Å². The largest absolute Gasteiger partial charge is 0.386 e. The molecule has 17 heavy (non-hydrogen) atoms. The van der Waals surface area contributed by atoms with E-state index in [-0.39, 0.29) is 5.41 Å². The highest BCUT2D eigenvalue weighted by molar-refractivity contribution is 4.91. The minimum Gasteiger partial charge on any atom is -0.386 e. The molecule has 2 N–H and O–H groups in total. The number of nitrogens with one attached hydrogen (secondary N) is 1. The first-order valence-electron chi connectivity index (χ1n) is 6.40. The monoisotopic (exact) mass is 240 g/mol. The van der Waals surface area contributed by atoms with E-state index in [1.165, 1.54) is 0 Å². The summed E-state index contributed by atoms with van der Waals surface area (Å²) in [6.45, 7) is 6.55. The molecule has 1 fully saturated rings. The van der Waals surface area contributed by atoms with Crippen LogP contribution in [0.1, 0.15) is 39.5 Å². The fourth-order valence-corrected chi connectivity index (χ4v) is 1.93. The molecule has 0 saturated carbocycles. The van der Waals surface area contributed by atoms with Crippen LogP contribution < -0.4 is 5.32 Å². The molecule has 0 aromatic carbocycles. The highest BCUT2D eigenvalue weighted by atomic mass is 16.5. The fraction of sp³-hybridized carbons (Fsp3) is 0.923. The van der Waals surface area contributed by atoms with Crippen molar-refractivity contribution in [3.05, 3.63) is 0 Å². The van der Waals surface area contributed by atoms with Crippen molar-refractivity contribution in [2.24, 2.45) is 5.41 Å². The van der Waals surface area contributed by atoms with Gasteiger partial charge in [0.2, 0.25) is 0 Å². The highest BCUT2D eigenvalue weighted by Gasteiger charge is 2.31. The lowest BCUT2D eigenvalue weighted by Gasteiger charge is -2.21. The van der Waals surface area contributed by atoms with Crippen molar-refractivity contribution >= 4 is 0 Å². The summed E-state index contributed by atoms with van der Waals surface area (Å²) < 4.78 is 5.17. The van der Waals surface area contributed by atoms with E-state index in [1.807, 2.05) is 13.8 Å². The van der Waals surface area contributed by atoms with Crippen molar-refractivity contribution in [1.82, 2.24) is 5.32 Å². The second kappa shape index (κ2) is 6.34. The van der Waals surface area contributed by atoms with Crippen LogP contribution in [0.25, 0.3) is 0 Å². The number of aliphatic hydroxyl groups is 1. The molecule has 1 atom stereocenters. The molecule has 0 amide bonds. The molecular weight excluding hydrogens is 216 g/mol. The van der Waals surface area contributed by atoms with Gasteiger partial charge in [0.25, 0.3) is 0 Å². The second-order valence-corrected chi connectivity index (χ2v) is 5.66. The fourth-order valence-electron chi connectivity index (χ4n) is 1.93. The Labute approximate surface area is 104 Å². The van der Waals surface area contributed by atoms with Crippen LogP contribution in [0.3, 0.4) is 0 Å². The predicted octanol–water partition coefficient (Wildman–Crippen LogP) is 1.45. The van der Waals surface area contributed by atoms with E-state index in [9.17, 15) is 5.11 Å². The zero-order valence-electron chi connectivity index (χ0n) is 11.0. The van der Waals surface area contributed by atoms with Crippen LogP contribution in [0.5, 0.6) is 0 Å². The van der Waals surface area contributed by atoms with E-state index in [0.717, 1.165) is 32.2 Å². The van der Waals surface area contributed by atoms with Gasteiger partial charge >= 0.3 is 0 Å². The lowest BCUT2D eigenvalue weighted by molar-refractivity contribution is 0.0272. The van der Waals surface area contributed by atoms with Crippen molar-refractivity contribution in [2.45, 2.75) is 45.1 Å². The summed E-state index contributed by atoms with van der Waals surface area (Å²) in [5.74, 6) is 0. The molecular formula is C13H24N2O2. The van der Waals surface area contributed by atoms with E-state index < -0.39 is 5.60 Å². The molecule has 0 aliphatic carbocycles. The second-order valence-electron chi connectivity index (χ2n) is 5.66. The molecule has 4 nitrogen and oxygen atoms in total. The molecule has 0 aromatic rings. The van der Waals surface area contributed by atoms with E-state index in [4.69, 9.17) is 10.00 Å². The Balaban J connectivity index is 2.00. The Morgan fingerprint density at radius 1 is 1.47 bits per heavy atom. The number of unbranched alkanes of at least 4 members (excludes halogenated alkanes) is 1. The van der Waals surface area contributed by atoms with Gasteiger partial charge in [-0.3, -0.25) is 0 Å². The maximum atomic E-state index is 9.98. The minimum absolute atomic E-state index is 0.211. The molecule has 1 saturated heterocycles. The Kier molecular flexibility index (Phi) is 5.38. The molecule has 0 spiro atoms. The maximum absolute atomic E-state index is 9.98. The van der Waals surface area contributed by atoms with Crippen molar-refractivity contribution in [3.8, 4) is 6.07 Å². The maximum Gasteiger partial charge on any atom is 0.102 e. The molecule has 0 bridgehead atoms. The molecule has 0 aromatic heterocycles. The van der Waals surface area contributed by atoms with Gasteiger partial charge < -0.3 is 15.2 Å². The number of nitriles is 1. The normalized spacial score (nSPS) is 24.8. The summed E-state index contributed by atoms with van der Waals surface area (Å²) >= 11 is 0. The van der Waals surface area contributed by atoms with Crippen LogP contribution in [0.4, 0.5) is 0 Å². The van der Waals surface area contributed by atoms with Gasteiger partial charge in [-0.05, 0) is 33.2 Å². The standard InChI is InChI=1S/C13H24N2O2/c1-12(2,9-14)5-3-4-7-15-10-13(16)6-8-17-11-13/h15-16H,3-8,10-11H2,1-2H3.